The van der Waals surface area contributed by atoms with E-state index in [2.05, 4.69) is 13.8 Å². The van der Waals surface area contributed by atoms with Gasteiger partial charge in [0.1, 0.15) is 0 Å². The van der Waals surface area contributed by atoms with Gasteiger partial charge in [-0.1, -0.05) is 13.8 Å². The lowest BCUT2D eigenvalue weighted by atomic mass is 10.1. The van der Waals surface area contributed by atoms with Crippen molar-refractivity contribution in [3.8, 4) is 0 Å². The van der Waals surface area contributed by atoms with Crippen molar-refractivity contribution in [1.29, 1.82) is 0 Å². The van der Waals surface area contributed by atoms with E-state index in [4.69, 9.17) is 4.74 Å². The Morgan fingerprint density at radius 3 is 2.60 bits per heavy atom. The Hall–Kier alpha value is -0.0400. The molecule has 0 heterocycles. The maximum atomic E-state index is 5.47. The Labute approximate surface area is 63.8 Å². The summed E-state index contributed by atoms with van der Waals surface area (Å²) in [5.41, 5.74) is 0. The summed E-state index contributed by atoms with van der Waals surface area (Å²) in [5, 5.41) is 0. The van der Waals surface area contributed by atoms with Crippen molar-refractivity contribution >= 4 is 0 Å². The smallest absolute Gasteiger partial charge is 0.0494 e. The van der Waals surface area contributed by atoms with Gasteiger partial charge in [0.25, 0.3) is 0 Å². The molecule has 1 fully saturated rings. The fraction of sp³-hybridized carbons (Fsp3) is 1.00. The lowest BCUT2D eigenvalue weighted by Crippen LogP contribution is -2.01. The van der Waals surface area contributed by atoms with E-state index in [0.717, 1.165) is 25.0 Å². The molecule has 1 aliphatic carbocycles. The lowest BCUT2D eigenvalue weighted by Gasteiger charge is -2.04. The highest BCUT2D eigenvalue weighted by atomic mass is 16.5. The van der Waals surface area contributed by atoms with Crippen molar-refractivity contribution < 1.29 is 4.74 Å². The summed E-state index contributed by atoms with van der Waals surface area (Å²) < 4.78 is 5.47. The zero-order valence-corrected chi connectivity index (χ0v) is 7.10. The quantitative estimate of drug-likeness (QED) is 0.536. The van der Waals surface area contributed by atoms with Crippen LogP contribution in [0.15, 0.2) is 0 Å². The minimum Gasteiger partial charge on any atom is -0.381 e. The van der Waals surface area contributed by atoms with Crippen LogP contribution in [0.1, 0.15) is 33.1 Å². The zero-order chi connectivity index (χ0) is 7.40. The van der Waals surface area contributed by atoms with Crippen molar-refractivity contribution in [3.05, 3.63) is 0 Å². The van der Waals surface area contributed by atoms with Gasteiger partial charge >= 0.3 is 0 Å². The molecule has 0 aliphatic heterocycles. The van der Waals surface area contributed by atoms with Crippen LogP contribution >= 0.6 is 0 Å². The number of ether oxygens (including phenoxy) is 1. The fourth-order valence-electron chi connectivity index (χ4n) is 0.854. The minimum atomic E-state index is 0.791. The lowest BCUT2D eigenvalue weighted by molar-refractivity contribution is 0.114. The van der Waals surface area contributed by atoms with E-state index in [9.17, 15) is 0 Å². The van der Waals surface area contributed by atoms with Crippen LogP contribution < -0.4 is 0 Å². The van der Waals surface area contributed by atoms with Gasteiger partial charge in [0.2, 0.25) is 0 Å². The monoisotopic (exact) mass is 142 g/mol. The van der Waals surface area contributed by atoms with Crippen LogP contribution in [0.25, 0.3) is 0 Å². The summed E-state index contributed by atoms with van der Waals surface area (Å²) >= 11 is 0. The van der Waals surface area contributed by atoms with Gasteiger partial charge in [-0.25, -0.2) is 0 Å². The van der Waals surface area contributed by atoms with E-state index in [1.165, 1.54) is 19.3 Å². The highest BCUT2D eigenvalue weighted by Crippen LogP contribution is 2.28. The Morgan fingerprint density at radius 2 is 2.10 bits per heavy atom. The third kappa shape index (κ3) is 3.89. The Balaban J connectivity index is 1.76. The van der Waals surface area contributed by atoms with Gasteiger partial charge in [-0.15, -0.1) is 0 Å². The molecule has 0 N–H and O–H groups in total. The van der Waals surface area contributed by atoms with Crippen molar-refractivity contribution in [2.24, 2.45) is 11.8 Å². The van der Waals surface area contributed by atoms with Crippen molar-refractivity contribution in [2.75, 3.05) is 13.2 Å². The van der Waals surface area contributed by atoms with Gasteiger partial charge in [0.05, 0.1) is 0 Å². The molecule has 0 bridgehead atoms. The molecule has 0 spiro atoms. The highest BCUT2D eigenvalue weighted by molar-refractivity contribution is 4.71. The second-order valence-electron chi connectivity index (χ2n) is 3.70. The summed E-state index contributed by atoms with van der Waals surface area (Å²) in [6.07, 6.45) is 4.02. The van der Waals surface area contributed by atoms with Crippen LogP contribution in [-0.4, -0.2) is 13.2 Å². The fourth-order valence-corrected chi connectivity index (χ4v) is 0.854. The molecule has 0 amide bonds. The molecule has 1 heteroatoms. The summed E-state index contributed by atoms with van der Waals surface area (Å²) in [4.78, 5) is 0. The molecule has 0 aromatic rings. The minimum absolute atomic E-state index is 0.791. The van der Waals surface area contributed by atoms with E-state index >= 15 is 0 Å². The van der Waals surface area contributed by atoms with Crippen molar-refractivity contribution in [1.82, 2.24) is 0 Å². The van der Waals surface area contributed by atoms with Crippen LogP contribution in [0.4, 0.5) is 0 Å². The van der Waals surface area contributed by atoms with Crippen LogP contribution in [-0.2, 0) is 4.74 Å². The standard InChI is InChI=1S/C9H18O/c1-8(2)5-6-10-7-9-3-4-9/h8-9H,3-7H2,1-2H3. The molecule has 1 nitrogen and oxygen atoms in total. The van der Waals surface area contributed by atoms with E-state index in [-0.39, 0.29) is 0 Å². The molecule has 10 heavy (non-hydrogen) atoms. The van der Waals surface area contributed by atoms with Gasteiger partial charge in [-0.2, -0.15) is 0 Å². The molecular formula is C9H18O. The van der Waals surface area contributed by atoms with Crippen molar-refractivity contribution in [2.45, 2.75) is 33.1 Å². The molecule has 1 aliphatic rings. The second-order valence-corrected chi connectivity index (χ2v) is 3.70. The van der Waals surface area contributed by atoms with Gasteiger partial charge in [-0.05, 0) is 31.1 Å². The van der Waals surface area contributed by atoms with Crippen LogP contribution in [0, 0.1) is 11.8 Å². The molecule has 1 saturated carbocycles. The predicted octanol–water partition coefficient (Wildman–Crippen LogP) is 2.46. The van der Waals surface area contributed by atoms with Gasteiger partial charge in [-0.3, -0.25) is 0 Å². The Morgan fingerprint density at radius 1 is 1.40 bits per heavy atom. The van der Waals surface area contributed by atoms with Crippen LogP contribution in [0.2, 0.25) is 0 Å². The van der Waals surface area contributed by atoms with E-state index in [0.29, 0.717) is 0 Å². The molecular weight excluding hydrogens is 124 g/mol. The van der Waals surface area contributed by atoms with Gasteiger partial charge in [0.15, 0.2) is 0 Å². The number of hydrogen-bond acceptors (Lipinski definition) is 1. The molecule has 0 saturated heterocycles. The summed E-state index contributed by atoms with van der Waals surface area (Å²) in [5.74, 6) is 1.71. The topological polar surface area (TPSA) is 9.23 Å². The largest absolute Gasteiger partial charge is 0.381 e. The molecule has 0 atom stereocenters. The van der Waals surface area contributed by atoms with Crippen molar-refractivity contribution in [3.63, 3.8) is 0 Å². The highest BCUT2D eigenvalue weighted by Gasteiger charge is 2.20. The molecule has 0 aromatic carbocycles. The van der Waals surface area contributed by atoms with Crippen LogP contribution in [0.5, 0.6) is 0 Å². The van der Waals surface area contributed by atoms with Crippen LogP contribution in [0.3, 0.4) is 0 Å². The second kappa shape index (κ2) is 3.97. The summed E-state index contributed by atoms with van der Waals surface area (Å²) in [6.45, 7) is 6.46. The first-order valence-electron chi connectivity index (χ1n) is 4.37. The Kier molecular flexibility index (Phi) is 3.20. The summed E-state index contributed by atoms with van der Waals surface area (Å²) in [6, 6.07) is 0. The molecule has 0 unspecified atom stereocenters. The maximum Gasteiger partial charge on any atom is 0.0494 e. The SMILES string of the molecule is CC(C)CCOCC1CC1. The van der Waals surface area contributed by atoms with E-state index in [1.807, 2.05) is 0 Å². The normalized spacial score (nSPS) is 18.3. The first-order chi connectivity index (χ1) is 4.79. The molecule has 1 rings (SSSR count). The average molecular weight is 142 g/mol. The molecule has 0 aromatic heterocycles. The van der Waals surface area contributed by atoms with E-state index < -0.39 is 0 Å². The van der Waals surface area contributed by atoms with Gasteiger partial charge < -0.3 is 4.74 Å². The van der Waals surface area contributed by atoms with E-state index in [1.54, 1.807) is 0 Å². The number of rotatable bonds is 5. The first-order valence-corrected chi connectivity index (χ1v) is 4.37. The first kappa shape index (κ1) is 8.06. The number of hydrogen-bond donors (Lipinski definition) is 0. The molecule has 60 valence electrons. The zero-order valence-electron chi connectivity index (χ0n) is 7.10. The third-order valence-corrected chi connectivity index (χ3v) is 1.89. The van der Waals surface area contributed by atoms with Gasteiger partial charge in [0, 0.05) is 13.2 Å². The Bertz CT molecular complexity index is 80.7. The maximum absolute atomic E-state index is 5.47. The summed E-state index contributed by atoms with van der Waals surface area (Å²) in [7, 11) is 0. The predicted molar refractivity (Wildman–Crippen MR) is 43.0 cm³/mol. The third-order valence-electron chi connectivity index (χ3n) is 1.89. The molecule has 0 radical (unpaired) electrons. The average Bonchev–Trinajstić information content (AvgIpc) is 2.62.